The van der Waals surface area contributed by atoms with E-state index in [4.69, 9.17) is 9.47 Å². The van der Waals surface area contributed by atoms with E-state index in [2.05, 4.69) is 82.9 Å². The Morgan fingerprint density at radius 2 is 1.59 bits per heavy atom. The molecule has 4 aromatic carbocycles. The molecule has 5 aromatic rings. The van der Waals surface area contributed by atoms with Gasteiger partial charge in [-0.3, -0.25) is 14.7 Å². The maximum Gasteiger partial charge on any atom is 0.253 e. The highest BCUT2D eigenvalue weighted by atomic mass is 16.7. The Morgan fingerprint density at radius 3 is 2.33 bits per heavy atom. The van der Waals surface area contributed by atoms with Crippen LogP contribution in [0.5, 0.6) is 0 Å². The van der Waals surface area contributed by atoms with Crippen LogP contribution in [0.3, 0.4) is 0 Å². The van der Waals surface area contributed by atoms with Crippen LogP contribution in [0.1, 0.15) is 57.0 Å². The molecule has 7 nitrogen and oxygen atoms in total. The summed E-state index contributed by atoms with van der Waals surface area (Å²) in [4.78, 5) is 18.8. The zero-order valence-electron chi connectivity index (χ0n) is 26.0. The van der Waals surface area contributed by atoms with Crippen molar-refractivity contribution in [2.24, 2.45) is 0 Å². The number of aromatic nitrogens is 1. The van der Waals surface area contributed by atoms with E-state index < -0.39 is 6.29 Å². The van der Waals surface area contributed by atoms with Crippen LogP contribution in [-0.4, -0.2) is 40.6 Å². The van der Waals surface area contributed by atoms with Crippen molar-refractivity contribution in [1.29, 1.82) is 0 Å². The third kappa shape index (κ3) is 8.13. The molecule has 0 unspecified atom stereocenters. The lowest BCUT2D eigenvalue weighted by Gasteiger charge is -2.38. The van der Waals surface area contributed by atoms with Gasteiger partial charge in [-0.2, -0.15) is 0 Å². The van der Waals surface area contributed by atoms with Crippen LogP contribution in [0.2, 0.25) is 0 Å². The first-order valence-corrected chi connectivity index (χ1v) is 15.6. The second-order valence-electron chi connectivity index (χ2n) is 11.8. The first-order chi connectivity index (χ1) is 22.5. The largest absolute Gasteiger partial charge is 0.392 e. The lowest BCUT2D eigenvalue weighted by atomic mass is 9.99. The summed E-state index contributed by atoms with van der Waals surface area (Å²) < 4.78 is 13.2. The number of aliphatic hydroxyl groups is 1. The molecule has 0 bridgehead atoms. The number of rotatable bonds is 11. The minimum absolute atomic E-state index is 0.0136. The number of carbonyl (C=O) groups excluding carboxylic acids is 1. The number of nitrogens with one attached hydrogen (secondary N) is 1. The van der Waals surface area contributed by atoms with E-state index >= 15 is 0 Å². The Balaban J connectivity index is 1.15. The molecule has 1 aromatic heterocycles. The van der Waals surface area contributed by atoms with Crippen molar-refractivity contribution in [2.75, 3.05) is 13.6 Å². The van der Waals surface area contributed by atoms with Gasteiger partial charge < -0.3 is 19.9 Å². The number of carbonyl (C=O) groups is 1. The first-order valence-electron chi connectivity index (χ1n) is 15.6. The summed E-state index contributed by atoms with van der Waals surface area (Å²) in [5, 5.41) is 12.5. The van der Waals surface area contributed by atoms with Crippen molar-refractivity contribution < 1.29 is 19.4 Å². The van der Waals surface area contributed by atoms with Crippen LogP contribution in [-0.2, 0) is 29.2 Å². The molecule has 1 aliphatic rings. The molecular formula is C39H39N3O4. The van der Waals surface area contributed by atoms with Crippen LogP contribution in [0.4, 0.5) is 0 Å². The van der Waals surface area contributed by atoms with E-state index in [0.29, 0.717) is 12.1 Å². The van der Waals surface area contributed by atoms with Gasteiger partial charge in [-0.1, -0.05) is 97.1 Å². The normalized spacial score (nSPS) is 17.9. The molecule has 7 heteroatoms. The predicted octanol–water partition coefficient (Wildman–Crippen LogP) is 6.85. The van der Waals surface area contributed by atoms with Crippen LogP contribution < -0.4 is 5.32 Å². The Morgan fingerprint density at radius 1 is 0.826 bits per heavy atom. The number of benzene rings is 4. The zero-order valence-corrected chi connectivity index (χ0v) is 26.0. The monoisotopic (exact) mass is 613 g/mol. The van der Waals surface area contributed by atoms with Crippen molar-refractivity contribution in [3.05, 3.63) is 161 Å². The van der Waals surface area contributed by atoms with Gasteiger partial charge in [0.15, 0.2) is 6.29 Å². The number of hydrogen-bond acceptors (Lipinski definition) is 6. The third-order valence-corrected chi connectivity index (χ3v) is 8.25. The summed E-state index contributed by atoms with van der Waals surface area (Å²) >= 11 is 0. The fraction of sp³-hybridized carbons (Fsp3) is 0.231. The number of hydrogen-bond donors (Lipinski definition) is 2. The summed E-state index contributed by atoms with van der Waals surface area (Å²) in [6.45, 7) is 2.04. The molecule has 1 aliphatic heterocycles. The lowest BCUT2D eigenvalue weighted by molar-refractivity contribution is -0.252. The molecule has 1 saturated heterocycles. The van der Waals surface area contributed by atoms with E-state index in [-0.39, 0.29) is 24.7 Å². The smallest absolute Gasteiger partial charge is 0.253 e. The number of nitrogens with zero attached hydrogens (tertiary/aromatic N) is 2. The topological polar surface area (TPSA) is 83.9 Å². The lowest BCUT2D eigenvalue weighted by Crippen LogP contribution is -2.37. The molecule has 0 spiro atoms. The minimum atomic E-state index is -0.519. The van der Waals surface area contributed by atoms with Crippen molar-refractivity contribution in [2.45, 2.75) is 44.6 Å². The Kier molecular flexibility index (Phi) is 10.3. The van der Waals surface area contributed by atoms with Gasteiger partial charge in [0.2, 0.25) is 0 Å². The molecule has 0 radical (unpaired) electrons. The number of aliphatic hydroxyl groups excluding tert-OH is 1. The number of pyridine rings is 1. The van der Waals surface area contributed by atoms with Crippen molar-refractivity contribution in [3.8, 4) is 11.1 Å². The second kappa shape index (κ2) is 15.1. The summed E-state index contributed by atoms with van der Waals surface area (Å²) in [6, 6.07) is 38.4. The molecular weight excluding hydrogens is 574 g/mol. The van der Waals surface area contributed by atoms with Crippen molar-refractivity contribution in [3.63, 3.8) is 0 Å². The molecule has 0 aliphatic carbocycles. The summed E-state index contributed by atoms with van der Waals surface area (Å²) in [5.74, 6) is -0.150. The van der Waals surface area contributed by atoms with Gasteiger partial charge in [0, 0.05) is 44.0 Å². The summed E-state index contributed by atoms with van der Waals surface area (Å²) in [6.07, 6.45) is 3.25. The number of likely N-dealkylation sites (N-methyl/N-ethyl adjacent to an activating group) is 1. The Bertz CT molecular complexity index is 1700. The van der Waals surface area contributed by atoms with E-state index in [1.54, 1.807) is 24.5 Å². The van der Waals surface area contributed by atoms with E-state index in [1.165, 1.54) is 5.56 Å². The maximum atomic E-state index is 12.5. The quantitative estimate of drug-likeness (QED) is 0.170. The SMILES string of the molecule is CN(Cc1ccccc1)C[C@@H]1C[C@H](c2ccc(CO)cc2)O[C@H](c2ccc(-c3cccc(CNC(=O)c4cccnc4)c3)cc2)O1. The molecule has 46 heavy (non-hydrogen) atoms. The molecule has 3 atom stereocenters. The standard InChI is InChI=1S/C39H39N3O4/c1-42(25-28-7-3-2-4-8-28)26-36-22-37(32-14-12-29(27-43)13-15-32)46-39(45-36)33-18-16-31(17-19-33)34-10-5-9-30(21-34)23-41-38(44)35-11-6-20-40-24-35/h2-21,24,36-37,39,43H,22-23,25-27H2,1H3,(H,41,44)/t36-,37+,39+/m0/s1. The fourth-order valence-electron chi connectivity index (χ4n) is 5.82. The average Bonchev–Trinajstić information content (AvgIpc) is 3.11. The fourth-order valence-corrected chi connectivity index (χ4v) is 5.82. The molecule has 2 heterocycles. The molecule has 0 saturated carbocycles. The highest BCUT2D eigenvalue weighted by Crippen LogP contribution is 2.38. The van der Waals surface area contributed by atoms with Gasteiger partial charge in [-0.25, -0.2) is 0 Å². The highest BCUT2D eigenvalue weighted by Gasteiger charge is 2.32. The van der Waals surface area contributed by atoms with E-state index in [9.17, 15) is 9.90 Å². The third-order valence-electron chi connectivity index (χ3n) is 8.25. The van der Waals surface area contributed by atoms with Crippen LogP contribution in [0.15, 0.2) is 128 Å². The number of ether oxygens (including phenoxy) is 2. The Hall–Kier alpha value is -4.66. The van der Waals surface area contributed by atoms with Gasteiger partial charge in [0.25, 0.3) is 5.91 Å². The predicted molar refractivity (Wildman–Crippen MR) is 178 cm³/mol. The average molecular weight is 614 g/mol. The van der Waals surface area contributed by atoms with Gasteiger partial charge in [-0.15, -0.1) is 0 Å². The summed E-state index contributed by atoms with van der Waals surface area (Å²) in [5.41, 5.74) is 7.84. The maximum absolute atomic E-state index is 12.5. The minimum Gasteiger partial charge on any atom is -0.392 e. The van der Waals surface area contributed by atoms with Gasteiger partial charge in [-0.05, 0) is 58.6 Å². The molecule has 6 rings (SSSR count). The van der Waals surface area contributed by atoms with Gasteiger partial charge in [0.1, 0.15) is 0 Å². The number of amides is 1. The van der Waals surface area contributed by atoms with Gasteiger partial charge in [0.05, 0.1) is 24.4 Å². The zero-order chi connectivity index (χ0) is 31.7. The molecule has 234 valence electrons. The van der Waals surface area contributed by atoms with Crippen molar-refractivity contribution >= 4 is 5.91 Å². The van der Waals surface area contributed by atoms with Crippen LogP contribution >= 0.6 is 0 Å². The second-order valence-corrected chi connectivity index (χ2v) is 11.8. The van der Waals surface area contributed by atoms with E-state index in [1.807, 2.05) is 42.5 Å². The molecule has 1 fully saturated rings. The van der Waals surface area contributed by atoms with Crippen LogP contribution in [0, 0.1) is 0 Å². The van der Waals surface area contributed by atoms with Crippen LogP contribution in [0.25, 0.3) is 11.1 Å². The Labute approximate surface area is 270 Å². The highest BCUT2D eigenvalue weighted by molar-refractivity contribution is 5.93. The van der Waals surface area contributed by atoms with Crippen molar-refractivity contribution in [1.82, 2.24) is 15.2 Å². The van der Waals surface area contributed by atoms with E-state index in [0.717, 1.165) is 52.9 Å². The first kappa shape index (κ1) is 31.3. The molecule has 1 amide bonds. The summed E-state index contributed by atoms with van der Waals surface area (Å²) in [7, 11) is 2.12. The molecule has 2 N–H and O–H groups in total. The van der Waals surface area contributed by atoms with Gasteiger partial charge >= 0.3 is 0 Å².